The number of aromatic nitrogens is 1. The number of carboxylic acid groups (broad SMARTS) is 1. The highest BCUT2D eigenvalue weighted by Crippen LogP contribution is 2.30. The number of nitrogens with one attached hydrogen (secondary N) is 2. The lowest BCUT2D eigenvalue weighted by atomic mass is 10.1. The molecule has 4 aromatic carbocycles. The van der Waals surface area contributed by atoms with Crippen LogP contribution in [0.2, 0.25) is 0 Å². The van der Waals surface area contributed by atoms with E-state index in [1.807, 2.05) is 48.5 Å². The molecule has 2 atom stereocenters. The summed E-state index contributed by atoms with van der Waals surface area (Å²) in [5, 5.41) is 15.8. The highest BCUT2D eigenvalue weighted by Gasteiger charge is 2.37. The van der Waals surface area contributed by atoms with E-state index in [9.17, 15) is 19.5 Å². The van der Waals surface area contributed by atoms with E-state index in [1.54, 1.807) is 47.5 Å². The Morgan fingerprint density at radius 3 is 2.47 bits per heavy atom. The molecule has 0 saturated carbocycles. The van der Waals surface area contributed by atoms with Gasteiger partial charge in [-0.2, -0.15) is 0 Å². The smallest absolute Gasteiger partial charge is 0.335 e. The summed E-state index contributed by atoms with van der Waals surface area (Å²) in [5.41, 5.74) is 2.78. The van der Waals surface area contributed by atoms with Gasteiger partial charge in [-0.25, -0.2) is 9.59 Å². The number of urea groups is 1. The van der Waals surface area contributed by atoms with Crippen LogP contribution in [0.4, 0.5) is 16.2 Å². The molecule has 0 bridgehead atoms. The SMILES string of the molecule is COc1cc(CC(=O)N2C[C@@H](Oc3ccc4ncccc4c3)C[C@H]2COc2ccc(C(=O)O)cc2)ccc1NC(=O)Nc1ccccc1Br. The molecule has 11 nitrogen and oxygen atoms in total. The normalized spacial score (nSPS) is 15.4. The van der Waals surface area contributed by atoms with Gasteiger partial charge in [-0.1, -0.05) is 24.3 Å². The lowest BCUT2D eigenvalue weighted by Crippen LogP contribution is -2.40. The van der Waals surface area contributed by atoms with Gasteiger partial charge in [-0.15, -0.1) is 0 Å². The Kier molecular flexibility index (Phi) is 10.2. The number of ether oxygens (including phenoxy) is 3. The van der Waals surface area contributed by atoms with Crippen molar-refractivity contribution in [3.63, 3.8) is 0 Å². The summed E-state index contributed by atoms with van der Waals surface area (Å²) < 4.78 is 18.7. The topological polar surface area (TPSA) is 139 Å². The summed E-state index contributed by atoms with van der Waals surface area (Å²) in [6, 6.07) is 27.4. The predicted molar refractivity (Wildman–Crippen MR) is 189 cm³/mol. The van der Waals surface area contributed by atoms with Crippen LogP contribution in [0.15, 0.2) is 108 Å². The average molecular weight is 726 g/mol. The molecular formula is C37H33BrN4O7. The van der Waals surface area contributed by atoms with Crippen molar-refractivity contribution >= 4 is 56.1 Å². The summed E-state index contributed by atoms with van der Waals surface area (Å²) in [6.45, 7) is 0.542. The molecule has 12 heteroatoms. The third-order valence-electron chi connectivity index (χ3n) is 8.11. The zero-order valence-electron chi connectivity index (χ0n) is 26.5. The van der Waals surface area contributed by atoms with Gasteiger partial charge in [0.25, 0.3) is 0 Å². The Morgan fingerprint density at radius 1 is 0.918 bits per heavy atom. The molecule has 0 spiro atoms. The third kappa shape index (κ3) is 8.28. The number of para-hydroxylation sites is 1. The maximum atomic E-state index is 13.8. The Bertz CT molecular complexity index is 1990. The number of carboxylic acids is 1. The number of methoxy groups -OCH3 is 1. The van der Waals surface area contributed by atoms with Crippen molar-refractivity contribution in [3.8, 4) is 17.2 Å². The van der Waals surface area contributed by atoms with Crippen LogP contribution >= 0.6 is 15.9 Å². The molecule has 49 heavy (non-hydrogen) atoms. The first kappa shape index (κ1) is 33.3. The fraction of sp³-hybridized carbons (Fsp3) is 0.189. The Balaban J connectivity index is 1.15. The first-order valence-electron chi connectivity index (χ1n) is 15.5. The molecular weight excluding hydrogens is 692 g/mol. The predicted octanol–water partition coefficient (Wildman–Crippen LogP) is 7.02. The monoisotopic (exact) mass is 724 g/mol. The molecule has 1 fully saturated rings. The fourth-order valence-electron chi connectivity index (χ4n) is 5.69. The number of halogens is 1. The molecule has 1 aliphatic heterocycles. The largest absolute Gasteiger partial charge is 0.495 e. The number of likely N-dealkylation sites (tertiary alicyclic amines) is 1. The number of carbonyl (C=O) groups excluding carboxylic acids is 2. The van der Waals surface area contributed by atoms with Gasteiger partial charge < -0.3 is 34.9 Å². The molecule has 1 aliphatic rings. The lowest BCUT2D eigenvalue weighted by molar-refractivity contribution is -0.132. The van der Waals surface area contributed by atoms with Crippen molar-refractivity contribution in [2.24, 2.45) is 0 Å². The first-order valence-corrected chi connectivity index (χ1v) is 16.3. The molecule has 0 unspecified atom stereocenters. The zero-order chi connectivity index (χ0) is 34.3. The van der Waals surface area contributed by atoms with Gasteiger partial charge in [0.2, 0.25) is 5.91 Å². The zero-order valence-corrected chi connectivity index (χ0v) is 28.1. The second-order valence-corrected chi connectivity index (χ2v) is 12.3. The molecule has 6 rings (SSSR count). The number of nitrogens with zero attached hydrogens (tertiary/aromatic N) is 2. The van der Waals surface area contributed by atoms with Gasteiger partial charge in [0.05, 0.1) is 48.6 Å². The van der Waals surface area contributed by atoms with E-state index in [0.717, 1.165) is 15.4 Å². The molecule has 2 heterocycles. The maximum Gasteiger partial charge on any atom is 0.335 e. The van der Waals surface area contributed by atoms with E-state index in [-0.39, 0.29) is 36.6 Å². The van der Waals surface area contributed by atoms with E-state index in [2.05, 4.69) is 31.5 Å². The summed E-state index contributed by atoms with van der Waals surface area (Å²) in [6.07, 6.45) is 2.07. The molecule has 3 N–H and O–H groups in total. The Morgan fingerprint density at radius 2 is 1.69 bits per heavy atom. The number of hydrogen-bond donors (Lipinski definition) is 3. The standard InChI is InChI=1S/C37H33BrN4O7/c1-47-34-17-23(8-14-33(34)41-37(46)40-32-7-3-2-6-30(32)38)18-35(43)42-21-29(49-28-13-15-31-25(19-28)5-4-16-39-31)20-26(42)22-48-27-11-9-24(10-12-27)36(44)45/h2-17,19,26,29H,18,20-22H2,1H3,(H,44,45)(H2,40,41,46)/t26-,29-/m0/s1. The fourth-order valence-corrected chi connectivity index (χ4v) is 6.08. The third-order valence-corrected chi connectivity index (χ3v) is 8.80. The van der Waals surface area contributed by atoms with Crippen LogP contribution < -0.4 is 24.8 Å². The number of fused-ring (bicyclic) bond motifs is 1. The van der Waals surface area contributed by atoms with Gasteiger partial charge in [0, 0.05) is 22.5 Å². The van der Waals surface area contributed by atoms with Crippen LogP contribution in [0.3, 0.4) is 0 Å². The van der Waals surface area contributed by atoms with E-state index >= 15 is 0 Å². The second-order valence-electron chi connectivity index (χ2n) is 11.4. The van der Waals surface area contributed by atoms with E-state index in [4.69, 9.17) is 14.2 Å². The highest BCUT2D eigenvalue weighted by molar-refractivity contribution is 9.10. The quantitative estimate of drug-likeness (QED) is 0.132. The molecule has 0 radical (unpaired) electrons. The molecule has 1 aromatic heterocycles. The van der Waals surface area contributed by atoms with Gasteiger partial charge in [-0.3, -0.25) is 9.78 Å². The van der Waals surface area contributed by atoms with Gasteiger partial charge in [0.1, 0.15) is 30.0 Å². The van der Waals surface area contributed by atoms with Crippen molar-refractivity contribution in [2.75, 3.05) is 30.9 Å². The number of carbonyl (C=O) groups is 3. The summed E-state index contributed by atoms with van der Waals surface area (Å²) >= 11 is 3.42. The first-order chi connectivity index (χ1) is 23.7. The van der Waals surface area contributed by atoms with Crippen LogP contribution in [0.5, 0.6) is 17.2 Å². The van der Waals surface area contributed by atoms with Gasteiger partial charge in [0.15, 0.2) is 0 Å². The van der Waals surface area contributed by atoms with Crippen molar-refractivity contribution in [1.82, 2.24) is 9.88 Å². The minimum atomic E-state index is -1.02. The Labute approximate surface area is 290 Å². The summed E-state index contributed by atoms with van der Waals surface area (Å²) in [5.74, 6) is 0.442. The molecule has 3 amide bonds. The summed E-state index contributed by atoms with van der Waals surface area (Å²) in [7, 11) is 1.50. The number of hydrogen-bond acceptors (Lipinski definition) is 7. The second kappa shape index (κ2) is 15.1. The Hall–Kier alpha value is -5.62. The van der Waals surface area contributed by atoms with E-state index in [1.165, 1.54) is 19.2 Å². The molecule has 1 saturated heterocycles. The lowest BCUT2D eigenvalue weighted by Gasteiger charge is -2.25. The maximum absolute atomic E-state index is 13.8. The molecule has 0 aliphatic carbocycles. The minimum Gasteiger partial charge on any atom is -0.495 e. The van der Waals surface area contributed by atoms with Crippen molar-refractivity contribution in [2.45, 2.75) is 25.0 Å². The number of aromatic carboxylic acids is 1. The van der Waals surface area contributed by atoms with Crippen molar-refractivity contribution in [3.05, 3.63) is 119 Å². The van der Waals surface area contributed by atoms with E-state index in [0.29, 0.717) is 47.2 Å². The number of benzene rings is 4. The summed E-state index contributed by atoms with van der Waals surface area (Å²) in [4.78, 5) is 43.9. The van der Waals surface area contributed by atoms with Crippen LogP contribution in [0.25, 0.3) is 10.9 Å². The number of anilines is 2. The van der Waals surface area contributed by atoms with Crippen LogP contribution in [0.1, 0.15) is 22.3 Å². The van der Waals surface area contributed by atoms with Crippen LogP contribution in [0, 0.1) is 0 Å². The molecule has 5 aromatic rings. The van der Waals surface area contributed by atoms with Gasteiger partial charge >= 0.3 is 12.0 Å². The number of rotatable bonds is 11. The van der Waals surface area contributed by atoms with E-state index < -0.39 is 12.0 Å². The minimum absolute atomic E-state index is 0.0813. The van der Waals surface area contributed by atoms with Crippen LogP contribution in [-0.2, 0) is 11.2 Å². The highest BCUT2D eigenvalue weighted by atomic mass is 79.9. The van der Waals surface area contributed by atoms with Crippen molar-refractivity contribution < 1.29 is 33.7 Å². The van der Waals surface area contributed by atoms with Crippen molar-refractivity contribution in [1.29, 1.82) is 0 Å². The van der Waals surface area contributed by atoms with Gasteiger partial charge in [-0.05, 0) is 94.3 Å². The molecule has 250 valence electrons. The van der Waals surface area contributed by atoms with Crippen LogP contribution in [-0.4, -0.2) is 65.3 Å². The number of pyridine rings is 1. The average Bonchev–Trinajstić information content (AvgIpc) is 3.51. The number of amides is 3.